The number of hydrogen-bond donors (Lipinski definition) is 1. The second kappa shape index (κ2) is 4.72. The average Bonchev–Trinajstić information content (AvgIpc) is 2.51. The van der Waals surface area contributed by atoms with Crippen molar-refractivity contribution in [2.45, 2.75) is 32.4 Å². The lowest BCUT2D eigenvalue weighted by molar-refractivity contribution is 0.0737. The third kappa shape index (κ3) is 3.97. The quantitative estimate of drug-likeness (QED) is 0.770. The molecule has 1 aromatic rings. The largest absolute Gasteiger partial charge is 0.384 e. The minimum absolute atomic E-state index is 0.618. The molecule has 5 nitrogen and oxygen atoms in total. The van der Waals surface area contributed by atoms with Crippen molar-refractivity contribution in [3.8, 4) is 0 Å². The maximum Gasteiger partial charge on any atom is 0.114 e. The molecule has 86 valence electrons. The maximum absolute atomic E-state index is 9.69. The predicted molar refractivity (Wildman–Crippen MR) is 58.4 cm³/mol. The number of rotatable bonds is 5. The molecule has 0 fully saturated rings. The summed E-state index contributed by atoms with van der Waals surface area (Å²) in [5.41, 5.74) is -0.285. The van der Waals surface area contributed by atoms with Crippen molar-refractivity contribution in [1.29, 1.82) is 0 Å². The van der Waals surface area contributed by atoms with E-state index >= 15 is 0 Å². The second-order valence-electron chi connectivity index (χ2n) is 4.58. The van der Waals surface area contributed by atoms with E-state index in [1.807, 2.05) is 14.1 Å². The molecule has 1 heterocycles. The molecule has 1 aromatic heterocycles. The van der Waals surface area contributed by atoms with E-state index in [9.17, 15) is 5.11 Å². The van der Waals surface area contributed by atoms with Crippen LogP contribution in [0.15, 0.2) is 6.20 Å². The smallest absolute Gasteiger partial charge is 0.114 e. The molecule has 0 saturated heterocycles. The first-order valence-corrected chi connectivity index (χ1v) is 5.17. The maximum atomic E-state index is 9.69. The van der Waals surface area contributed by atoms with Crippen molar-refractivity contribution in [2.75, 3.05) is 20.6 Å². The second-order valence-corrected chi connectivity index (χ2v) is 4.58. The van der Waals surface area contributed by atoms with Crippen LogP contribution in [0.2, 0.25) is 0 Å². The van der Waals surface area contributed by atoms with Gasteiger partial charge in [-0.1, -0.05) is 5.21 Å². The minimum atomic E-state index is -0.903. The van der Waals surface area contributed by atoms with Crippen LogP contribution >= 0.6 is 0 Å². The molecule has 0 aromatic carbocycles. The highest BCUT2D eigenvalue weighted by molar-refractivity contribution is 5.02. The van der Waals surface area contributed by atoms with Gasteiger partial charge in [0.1, 0.15) is 11.3 Å². The topological polar surface area (TPSA) is 54.2 Å². The zero-order chi connectivity index (χ0) is 11.5. The molecular formula is C10H20N4O. The summed E-state index contributed by atoms with van der Waals surface area (Å²) in [6.07, 6.45) is 2.83. The standard InChI is InChI=1S/C10H20N4O/c1-10(2,15)9-8-14(12-11-9)7-5-6-13(3)4/h8,15H,5-7H2,1-4H3. The first-order valence-electron chi connectivity index (χ1n) is 5.17. The molecule has 0 spiro atoms. The lowest BCUT2D eigenvalue weighted by Crippen LogP contribution is -2.16. The van der Waals surface area contributed by atoms with Crippen LogP contribution in [-0.2, 0) is 12.1 Å². The molecule has 0 aliphatic carbocycles. The van der Waals surface area contributed by atoms with E-state index in [0.29, 0.717) is 5.69 Å². The van der Waals surface area contributed by atoms with E-state index in [2.05, 4.69) is 15.2 Å². The van der Waals surface area contributed by atoms with Crippen LogP contribution < -0.4 is 0 Å². The summed E-state index contributed by atoms with van der Waals surface area (Å²) in [7, 11) is 4.09. The van der Waals surface area contributed by atoms with Gasteiger partial charge in [-0.25, -0.2) is 0 Å². The van der Waals surface area contributed by atoms with E-state index in [1.165, 1.54) is 0 Å². The van der Waals surface area contributed by atoms with Gasteiger partial charge in [0, 0.05) is 6.54 Å². The van der Waals surface area contributed by atoms with Crippen LogP contribution in [0, 0.1) is 0 Å². The third-order valence-electron chi connectivity index (χ3n) is 2.16. The van der Waals surface area contributed by atoms with Gasteiger partial charge in [0.25, 0.3) is 0 Å². The van der Waals surface area contributed by atoms with Gasteiger partial charge in [-0.05, 0) is 40.9 Å². The fourth-order valence-electron chi connectivity index (χ4n) is 1.24. The van der Waals surface area contributed by atoms with Gasteiger partial charge in [0.2, 0.25) is 0 Å². The summed E-state index contributed by atoms with van der Waals surface area (Å²) in [6.45, 7) is 5.28. The summed E-state index contributed by atoms with van der Waals surface area (Å²) < 4.78 is 1.77. The zero-order valence-electron chi connectivity index (χ0n) is 9.93. The van der Waals surface area contributed by atoms with Crippen molar-refractivity contribution in [3.63, 3.8) is 0 Å². The lowest BCUT2D eigenvalue weighted by Gasteiger charge is -2.12. The van der Waals surface area contributed by atoms with Crippen molar-refractivity contribution in [1.82, 2.24) is 19.9 Å². The van der Waals surface area contributed by atoms with E-state index in [-0.39, 0.29) is 0 Å². The van der Waals surface area contributed by atoms with Crippen LogP contribution in [0.25, 0.3) is 0 Å². The van der Waals surface area contributed by atoms with Gasteiger partial charge < -0.3 is 10.0 Å². The van der Waals surface area contributed by atoms with Crippen LogP contribution in [0.5, 0.6) is 0 Å². The first kappa shape index (κ1) is 12.1. The Morgan fingerprint density at radius 3 is 2.60 bits per heavy atom. The Morgan fingerprint density at radius 1 is 1.47 bits per heavy atom. The number of aromatic nitrogens is 3. The Morgan fingerprint density at radius 2 is 2.13 bits per heavy atom. The summed E-state index contributed by atoms with van der Waals surface area (Å²) in [4.78, 5) is 2.13. The summed E-state index contributed by atoms with van der Waals surface area (Å²) >= 11 is 0. The van der Waals surface area contributed by atoms with Crippen molar-refractivity contribution in [2.24, 2.45) is 0 Å². The van der Waals surface area contributed by atoms with Crippen molar-refractivity contribution < 1.29 is 5.11 Å². The van der Waals surface area contributed by atoms with E-state index < -0.39 is 5.60 Å². The normalized spacial score (nSPS) is 12.4. The van der Waals surface area contributed by atoms with Gasteiger partial charge in [0.15, 0.2) is 0 Å². The molecule has 15 heavy (non-hydrogen) atoms. The van der Waals surface area contributed by atoms with Gasteiger partial charge in [-0.3, -0.25) is 4.68 Å². The Kier molecular flexibility index (Phi) is 3.82. The molecule has 0 bridgehead atoms. The Labute approximate surface area is 90.7 Å². The van der Waals surface area contributed by atoms with Gasteiger partial charge >= 0.3 is 0 Å². The molecule has 0 radical (unpaired) electrons. The molecule has 0 aliphatic heterocycles. The van der Waals surface area contributed by atoms with E-state index in [1.54, 1.807) is 24.7 Å². The molecule has 1 rings (SSSR count). The molecule has 0 atom stereocenters. The molecule has 5 heteroatoms. The fraction of sp³-hybridized carbons (Fsp3) is 0.800. The van der Waals surface area contributed by atoms with Crippen molar-refractivity contribution >= 4 is 0 Å². The Balaban J connectivity index is 2.47. The molecule has 0 amide bonds. The lowest BCUT2D eigenvalue weighted by atomic mass is 10.1. The molecular weight excluding hydrogens is 192 g/mol. The number of hydrogen-bond acceptors (Lipinski definition) is 4. The summed E-state index contributed by atoms with van der Waals surface area (Å²) in [5, 5.41) is 17.6. The minimum Gasteiger partial charge on any atom is -0.384 e. The zero-order valence-corrected chi connectivity index (χ0v) is 9.93. The predicted octanol–water partition coefficient (Wildman–Crippen LogP) is 0.457. The van der Waals surface area contributed by atoms with Crippen LogP contribution in [-0.4, -0.2) is 45.6 Å². The number of nitrogens with zero attached hydrogens (tertiary/aromatic N) is 4. The van der Waals surface area contributed by atoms with Crippen molar-refractivity contribution in [3.05, 3.63) is 11.9 Å². The van der Waals surface area contributed by atoms with Crippen LogP contribution in [0.4, 0.5) is 0 Å². The highest BCUT2D eigenvalue weighted by Gasteiger charge is 2.19. The average molecular weight is 212 g/mol. The summed E-state index contributed by atoms with van der Waals surface area (Å²) in [5.74, 6) is 0. The summed E-state index contributed by atoms with van der Waals surface area (Å²) in [6, 6.07) is 0. The van der Waals surface area contributed by atoms with E-state index in [4.69, 9.17) is 0 Å². The Bertz CT molecular complexity index is 301. The Hall–Kier alpha value is -0.940. The SMILES string of the molecule is CN(C)CCCn1cc(C(C)(C)O)nn1. The van der Waals surface area contributed by atoms with Gasteiger partial charge in [-0.15, -0.1) is 5.10 Å². The van der Waals surface area contributed by atoms with Crippen LogP contribution in [0.3, 0.4) is 0 Å². The monoisotopic (exact) mass is 212 g/mol. The number of aliphatic hydroxyl groups is 1. The molecule has 0 aliphatic rings. The van der Waals surface area contributed by atoms with E-state index in [0.717, 1.165) is 19.5 Å². The highest BCUT2D eigenvalue weighted by atomic mass is 16.3. The number of aryl methyl sites for hydroxylation is 1. The highest BCUT2D eigenvalue weighted by Crippen LogP contribution is 2.15. The molecule has 0 saturated carbocycles. The first-order chi connectivity index (χ1) is 6.89. The van der Waals surface area contributed by atoms with Gasteiger partial charge in [-0.2, -0.15) is 0 Å². The third-order valence-corrected chi connectivity index (χ3v) is 2.16. The fourth-order valence-corrected chi connectivity index (χ4v) is 1.24. The molecule has 0 unspecified atom stereocenters. The molecule has 1 N–H and O–H groups in total. The van der Waals surface area contributed by atoms with Gasteiger partial charge in [0.05, 0.1) is 6.20 Å². The van der Waals surface area contributed by atoms with Crippen LogP contribution in [0.1, 0.15) is 26.0 Å².